The van der Waals surface area contributed by atoms with Gasteiger partial charge in [0.25, 0.3) is 0 Å². The number of hydrogen-bond donors (Lipinski definition) is 2. The standard InChI is InChI=1S/C24H35N5O2S/c1-16(2)25-22(31)26-20(30)15-32-23-28-27-21(29(23)19-9-7-6-8-10-19)17-11-13-18(14-12-17)24(3,4)5/h11-14,16,19H,6-10,15H2,1-5H3,(H2,25,26,30,31). The summed E-state index contributed by atoms with van der Waals surface area (Å²) < 4.78 is 2.21. The van der Waals surface area contributed by atoms with Crippen molar-refractivity contribution in [2.45, 2.75) is 89.4 Å². The van der Waals surface area contributed by atoms with Crippen LogP contribution in [-0.2, 0) is 10.2 Å². The first kappa shape index (κ1) is 24.3. The summed E-state index contributed by atoms with van der Waals surface area (Å²) in [6, 6.07) is 8.36. The average Bonchev–Trinajstić information content (AvgIpc) is 3.15. The van der Waals surface area contributed by atoms with Gasteiger partial charge < -0.3 is 5.32 Å². The molecule has 1 saturated carbocycles. The molecule has 0 aliphatic heterocycles. The predicted molar refractivity (Wildman–Crippen MR) is 129 cm³/mol. The molecule has 32 heavy (non-hydrogen) atoms. The number of nitrogens with one attached hydrogen (secondary N) is 2. The first-order valence-electron chi connectivity index (χ1n) is 11.4. The smallest absolute Gasteiger partial charge is 0.321 e. The Labute approximate surface area is 195 Å². The highest BCUT2D eigenvalue weighted by atomic mass is 32.2. The van der Waals surface area contributed by atoms with E-state index in [1.165, 1.54) is 36.6 Å². The van der Waals surface area contributed by atoms with Crippen molar-refractivity contribution in [3.05, 3.63) is 29.8 Å². The van der Waals surface area contributed by atoms with E-state index in [2.05, 4.69) is 70.4 Å². The maximum Gasteiger partial charge on any atom is 0.321 e. The van der Waals surface area contributed by atoms with Gasteiger partial charge in [-0.1, -0.05) is 76.1 Å². The average molecular weight is 458 g/mol. The second-order valence-electron chi connectivity index (χ2n) is 9.76. The summed E-state index contributed by atoms with van der Waals surface area (Å²) >= 11 is 1.33. The molecule has 0 unspecified atom stereocenters. The van der Waals surface area contributed by atoms with Gasteiger partial charge in [-0.25, -0.2) is 4.79 Å². The highest BCUT2D eigenvalue weighted by Gasteiger charge is 2.25. The number of carbonyl (C=O) groups is 2. The van der Waals surface area contributed by atoms with Crippen molar-refractivity contribution in [2.24, 2.45) is 0 Å². The highest BCUT2D eigenvalue weighted by Crippen LogP contribution is 2.36. The maximum absolute atomic E-state index is 12.3. The first-order valence-corrected chi connectivity index (χ1v) is 12.4. The summed E-state index contributed by atoms with van der Waals surface area (Å²) in [6.07, 6.45) is 5.80. The zero-order chi connectivity index (χ0) is 23.3. The molecule has 0 spiro atoms. The van der Waals surface area contributed by atoms with E-state index in [-0.39, 0.29) is 23.1 Å². The first-order chi connectivity index (χ1) is 15.1. The van der Waals surface area contributed by atoms with Crippen molar-refractivity contribution in [3.63, 3.8) is 0 Å². The SMILES string of the molecule is CC(C)NC(=O)NC(=O)CSc1nnc(-c2ccc(C(C)(C)C)cc2)n1C1CCCCC1. The minimum absolute atomic E-state index is 0.0305. The van der Waals surface area contributed by atoms with Crippen LogP contribution in [0.25, 0.3) is 11.4 Å². The Bertz CT molecular complexity index is 925. The molecule has 0 atom stereocenters. The van der Waals surface area contributed by atoms with Crippen LogP contribution < -0.4 is 10.6 Å². The normalized spacial score (nSPS) is 15.1. The molecular formula is C24H35N5O2S. The number of aromatic nitrogens is 3. The molecule has 2 N–H and O–H groups in total. The van der Waals surface area contributed by atoms with E-state index in [9.17, 15) is 9.59 Å². The van der Waals surface area contributed by atoms with Gasteiger partial charge in [-0.2, -0.15) is 0 Å². The van der Waals surface area contributed by atoms with Gasteiger partial charge in [-0.05, 0) is 37.7 Å². The molecule has 0 radical (unpaired) electrons. The zero-order valence-electron chi connectivity index (χ0n) is 19.8. The fourth-order valence-corrected chi connectivity index (χ4v) is 4.76. The van der Waals surface area contributed by atoms with Gasteiger partial charge in [0.2, 0.25) is 5.91 Å². The van der Waals surface area contributed by atoms with Gasteiger partial charge in [-0.3, -0.25) is 14.7 Å². The van der Waals surface area contributed by atoms with Crippen molar-refractivity contribution in [1.29, 1.82) is 0 Å². The van der Waals surface area contributed by atoms with Crippen LogP contribution in [-0.4, -0.2) is 38.5 Å². The lowest BCUT2D eigenvalue weighted by atomic mass is 9.86. The minimum atomic E-state index is -0.473. The molecule has 1 heterocycles. The Hall–Kier alpha value is -2.35. The summed E-state index contributed by atoms with van der Waals surface area (Å²) in [5, 5.41) is 14.7. The van der Waals surface area contributed by atoms with Crippen LogP contribution in [0.1, 0.15) is 78.3 Å². The van der Waals surface area contributed by atoms with Gasteiger partial charge in [0.05, 0.1) is 5.75 Å². The number of urea groups is 1. The third-order valence-electron chi connectivity index (χ3n) is 5.62. The number of rotatable bonds is 6. The lowest BCUT2D eigenvalue weighted by Crippen LogP contribution is -2.43. The summed E-state index contributed by atoms with van der Waals surface area (Å²) in [4.78, 5) is 24.0. The fraction of sp³-hybridized carbons (Fsp3) is 0.583. The molecule has 0 saturated heterocycles. The second-order valence-corrected chi connectivity index (χ2v) is 10.7. The van der Waals surface area contributed by atoms with E-state index in [1.807, 2.05) is 13.8 Å². The Balaban J connectivity index is 1.80. The summed E-state index contributed by atoms with van der Waals surface area (Å²) in [6.45, 7) is 10.3. The van der Waals surface area contributed by atoms with Crippen LogP contribution in [0.3, 0.4) is 0 Å². The monoisotopic (exact) mass is 457 g/mol. The fourth-order valence-electron chi connectivity index (χ4n) is 3.95. The summed E-state index contributed by atoms with van der Waals surface area (Å²) in [5.74, 6) is 0.611. The third-order valence-corrected chi connectivity index (χ3v) is 6.56. The van der Waals surface area contributed by atoms with Gasteiger partial charge in [0, 0.05) is 17.6 Å². The highest BCUT2D eigenvalue weighted by molar-refractivity contribution is 7.99. The van der Waals surface area contributed by atoms with Crippen LogP contribution in [0.2, 0.25) is 0 Å². The van der Waals surface area contributed by atoms with Crippen molar-refractivity contribution >= 4 is 23.7 Å². The topological polar surface area (TPSA) is 88.9 Å². The molecule has 3 amide bonds. The number of benzene rings is 1. The number of carbonyl (C=O) groups excluding carboxylic acids is 2. The minimum Gasteiger partial charge on any atom is -0.336 e. The van der Waals surface area contributed by atoms with E-state index in [0.717, 1.165) is 29.4 Å². The van der Waals surface area contributed by atoms with Crippen LogP contribution in [0.5, 0.6) is 0 Å². The summed E-state index contributed by atoms with van der Waals surface area (Å²) in [7, 11) is 0. The Morgan fingerprint density at radius 1 is 1.09 bits per heavy atom. The number of hydrogen-bond acceptors (Lipinski definition) is 5. The van der Waals surface area contributed by atoms with E-state index < -0.39 is 6.03 Å². The van der Waals surface area contributed by atoms with Crippen molar-refractivity contribution in [1.82, 2.24) is 25.4 Å². The molecule has 1 aromatic carbocycles. The van der Waals surface area contributed by atoms with E-state index in [0.29, 0.717) is 6.04 Å². The lowest BCUT2D eigenvalue weighted by Gasteiger charge is -2.26. The van der Waals surface area contributed by atoms with Crippen LogP contribution in [0, 0.1) is 0 Å². The predicted octanol–water partition coefficient (Wildman–Crippen LogP) is 5.07. The van der Waals surface area contributed by atoms with Crippen LogP contribution in [0.4, 0.5) is 4.79 Å². The summed E-state index contributed by atoms with van der Waals surface area (Å²) in [5.41, 5.74) is 2.39. The molecule has 7 nitrogen and oxygen atoms in total. The quantitative estimate of drug-likeness (QED) is 0.591. The molecule has 8 heteroatoms. The molecular weight excluding hydrogens is 422 g/mol. The Morgan fingerprint density at radius 2 is 1.75 bits per heavy atom. The van der Waals surface area contributed by atoms with Gasteiger partial charge in [0.15, 0.2) is 11.0 Å². The molecule has 1 aromatic heterocycles. The van der Waals surface area contributed by atoms with Crippen LogP contribution >= 0.6 is 11.8 Å². The van der Waals surface area contributed by atoms with Crippen molar-refractivity contribution < 1.29 is 9.59 Å². The van der Waals surface area contributed by atoms with Crippen LogP contribution in [0.15, 0.2) is 29.4 Å². The Morgan fingerprint density at radius 3 is 2.34 bits per heavy atom. The second kappa shape index (κ2) is 10.5. The number of nitrogens with zero attached hydrogens (tertiary/aromatic N) is 3. The van der Waals surface area contributed by atoms with E-state index in [4.69, 9.17) is 0 Å². The van der Waals surface area contributed by atoms with E-state index >= 15 is 0 Å². The van der Waals surface area contributed by atoms with Gasteiger partial charge >= 0.3 is 6.03 Å². The molecule has 2 aromatic rings. The molecule has 1 aliphatic rings. The van der Waals surface area contributed by atoms with Crippen molar-refractivity contribution in [2.75, 3.05) is 5.75 Å². The number of thioether (sulfide) groups is 1. The van der Waals surface area contributed by atoms with E-state index in [1.54, 1.807) is 0 Å². The van der Waals surface area contributed by atoms with Gasteiger partial charge in [-0.15, -0.1) is 10.2 Å². The Kier molecular flexibility index (Phi) is 7.98. The van der Waals surface area contributed by atoms with Crippen molar-refractivity contribution in [3.8, 4) is 11.4 Å². The molecule has 174 valence electrons. The maximum atomic E-state index is 12.3. The molecule has 3 rings (SSSR count). The largest absolute Gasteiger partial charge is 0.336 e. The third kappa shape index (κ3) is 6.34. The van der Waals surface area contributed by atoms with Gasteiger partial charge in [0.1, 0.15) is 0 Å². The number of imide groups is 1. The molecule has 0 bridgehead atoms. The molecule has 1 fully saturated rings. The zero-order valence-corrected chi connectivity index (χ0v) is 20.6. The number of amides is 3. The lowest BCUT2D eigenvalue weighted by molar-refractivity contribution is -0.117. The molecule has 1 aliphatic carbocycles.